The number of nitrogens with zero attached hydrogens (tertiary/aromatic N) is 2. The predicted octanol–water partition coefficient (Wildman–Crippen LogP) is 3.48. The first-order chi connectivity index (χ1) is 10.1. The minimum atomic E-state index is 0.0659. The zero-order valence-electron chi connectivity index (χ0n) is 12.2. The van der Waals surface area contributed by atoms with E-state index in [2.05, 4.69) is 10.2 Å². The molecule has 1 heterocycles. The number of nitrogens with one attached hydrogen (secondary N) is 1. The van der Waals surface area contributed by atoms with Crippen molar-refractivity contribution in [1.29, 1.82) is 0 Å². The van der Waals surface area contributed by atoms with Crippen LogP contribution in [0.4, 0.5) is 0 Å². The smallest absolute Gasteiger partial charge is 0.258 e. The summed E-state index contributed by atoms with van der Waals surface area (Å²) in [5, 5.41) is 7.73. The number of benzene rings is 1. The van der Waals surface area contributed by atoms with Gasteiger partial charge in [-0.05, 0) is 44.4 Å². The van der Waals surface area contributed by atoms with Gasteiger partial charge in [0.2, 0.25) is 0 Å². The van der Waals surface area contributed by atoms with E-state index in [4.69, 9.17) is 11.6 Å². The number of hydrogen-bond acceptors (Lipinski definition) is 2. The lowest BCUT2D eigenvalue weighted by Gasteiger charge is -2.23. The highest BCUT2D eigenvalue weighted by atomic mass is 35.5. The van der Waals surface area contributed by atoms with Crippen LogP contribution < -0.4 is 0 Å². The van der Waals surface area contributed by atoms with Crippen molar-refractivity contribution in [3.63, 3.8) is 0 Å². The van der Waals surface area contributed by atoms with Crippen LogP contribution in [-0.4, -0.2) is 27.0 Å². The molecule has 5 heteroatoms. The lowest BCUT2D eigenvalue weighted by atomic mass is 10.1. The summed E-state index contributed by atoms with van der Waals surface area (Å²) < 4.78 is 0. The lowest BCUT2D eigenvalue weighted by Crippen LogP contribution is -2.33. The summed E-state index contributed by atoms with van der Waals surface area (Å²) >= 11 is 5.92. The molecule has 21 heavy (non-hydrogen) atoms. The Hall–Kier alpha value is -1.81. The van der Waals surface area contributed by atoms with Crippen molar-refractivity contribution in [3.8, 4) is 0 Å². The SMILES string of the molecule is Cc1n[nH]c(C)c1C(=O)N(Cc1ccc(Cl)cc1)C1CC1. The molecule has 0 radical (unpaired) electrons. The summed E-state index contributed by atoms with van der Waals surface area (Å²) in [6.45, 7) is 4.37. The number of carbonyl (C=O) groups excluding carboxylic acids is 1. The fourth-order valence-corrected chi connectivity index (χ4v) is 2.68. The Morgan fingerprint density at radius 1 is 1.33 bits per heavy atom. The van der Waals surface area contributed by atoms with E-state index in [0.29, 0.717) is 23.2 Å². The van der Waals surface area contributed by atoms with Gasteiger partial charge >= 0.3 is 0 Å². The number of amides is 1. The Morgan fingerprint density at radius 2 is 2.00 bits per heavy atom. The van der Waals surface area contributed by atoms with E-state index in [9.17, 15) is 4.79 Å². The number of aromatic amines is 1. The second kappa shape index (κ2) is 5.53. The van der Waals surface area contributed by atoms with Gasteiger partial charge in [0.25, 0.3) is 5.91 Å². The third-order valence-electron chi connectivity index (χ3n) is 3.86. The largest absolute Gasteiger partial charge is 0.331 e. The van der Waals surface area contributed by atoms with E-state index in [0.717, 1.165) is 29.8 Å². The standard InChI is InChI=1S/C16H18ClN3O/c1-10-15(11(2)19-18-10)16(21)20(14-7-8-14)9-12-3-5-13(17)6-4-12/h3-6,14H,7-9H2,1-2H3,(H,18,19). The molecule has 1 aliphatic rings. The Balaban J connectivity index is 1.85. The van der Waals surface area contributed by atoms with Crippen LogP contribution in [0.25, 0.3) is 0 Å². The maximum Gasteiger partial charge on any atom is 0.258 e. The van der Waals surface area contributed by atoms with Gasteiger partial charge in [0, 0.05) is 23.3 Å². The third-order valence-corrected chi connectivity index (χ3v) is 4.11. The Labute approximate surface area is 129 Å². The molecule has 1 aromatic carbocycles. The van der Waals surface area contributed by atoms with Crippen molar-refractivity contribution in [2.24, 2.45) is 0 Å². The van der Waals surface area contributed by atoms with Crippen molar-refractivity contribution in [2.45, 2.75) is 39.3 Å². The summed E-state index contributed by atoms with van der Waals surface area (Å²) in [5.41, 5.74) is 3.40. The summed E-state index contributed by atoms with van der Waals surface area (Å²) in [4.78, 5) is 14.8. The molecular weight excluding hydrogens is 286 g/mol. The molecule has 110 valence electrons. The molecule has 4 nitrogen and oxygen atoms in total. The fourth-order valence-electron chi connectivity index (χ4n) is 2.55. The molecule has 1 amide bonds. The summed E-state index contributed by atoms with van der Waals surface area (Å²) in [7, 11) is 0. The molecule has 2 aromatic rings. The molecule has 1 aliphatic carbocycles. The Morgan fingerprint density at radius 3 is 2.52 bits per heavy atom. The predicted molar refractivity (Wildman–Crippen MR) is 82.4 cm³/mol. The second-order valence-corrected chi connectivity index (χ2v) is 6.04. The average Bonchev–Trinajstić information content (AvgIpc) is 3.24. The van der Waals surface area contributed by atoms with Gasteiger partial charge in [0.1, 0.15) is 0 Å². The number of aromatic nitrogens is 2. The first-order valence-corrected chi connectivity index (χ1v) is 7.51. The normalized spacial score (nSPS) is 14.2. The van der Waals surface area contributed by atoms with Gasteiger partial charge in [0.15, 0.2) is 0 Å². The maximum atomic E-state index is 12.8. The van der Waals surface area contributed by atoms with E-state index < -0.39 is 0 Å². The summed E-state index contributed by atoms with van der Waals surface area (Å²) in [5.74, 6) is 0.0659. The van der Waals surface area contributed by atoms with E-state index in [-0.39, 0.29) is 5.91 Å². The molecule has 0 saturated heterocycles. The number of halogens is 1. The van der Waals surface area contributed by atoms with Crippen LogP contribution in [0.2, 0.25) is 5.02 Å². The van der Waals surface area contributed by atoms with Crippen molar-refractivity contribution in [1.82, 2.24) is 15.1 Å². The molecular formula is C16H18ClN3O. The molecule has 0 spiro atoms. The van der Waals surface area contributed by atoms with Crippen molar-refractivity contribution >= 4 is 17.5 Å². The van der Waals surface area contributed by atoms with Gasteiger partial charge < -0.3 is 4.90 Å². The summed E-state index contributed by atoms with van der Waals surface area (Å²) in [6.07, 6.45) is 2.16. The third kappa shape index (κ3) is 2.95. The quantitative estimate of drug-likeness (QED) is 0.940. The van der Waals surface area contributed by atoms with Crippen LogP contribution in [0.15, 0.2) is 24.3 Å². The number of rotatable bonds is 4. The Kier molecular flexibility index (Phi) is 3.72. The molecule has 1 saturated carbocycles. The summed E-state index contributed by atoms with van der Waals surface area (Å²) in [6, 6.07) is 8.02. The maximum absolute atomic E-state index is 12.8. The van der Waals surface area contributed by atoms with Gasteiger partial charge in [-0.25, -0.2) is 0 Å². The van der Waals surface area contributed by atoms with Crippen LogP contribution in [-0.2, 0) is 6.54 Å². The van der Waals surface area contributed by atoms with E-state index >= 15 is 0 Å². The lowest BCUT2D eigenvalue weighted by molar-refractivity contribution is 0.0728. The van der Waals surface area contributed by atoms with E-state index in [1.54, 1.807) is 0 Å². The van der Waals surface area contributed by atoms with Gasteiger partial charge in [-0.15, -0.1) is 0 Å². The van der Waals surface area contributed by atoms with Gasteiger partial charge in [-0.3, -0.25) is 9.89 Å². The van der Waals surface area contributed by atoms with E-state index in [1.165, 1.54) is 0 Å². The number of carbonyl (C=O) groups is 1. The van der Waals surface area contributed by atoms with Crippen molar-refractivity contribution < 1.29 is 4.79 Å². The van der Waals surface area contributed by atoms with E-state index in [1.807, 2.05) is 43.0 Å². The Bertz CT molecular complexity index is 639. The number of H-pyrrole nitrogens is 1. The topological polar surface area (TPSA) is 49.0 Å². The van der Waals surface area contributed by atoms with Crippen LogP contribution in [0.3, 0.4) is 0 Å². The minimum absolute atomic E-state index is 0.0659. The molecule has 3 rings (SSSR count). The fraction of sp³-hybridized carbons (Fsp3) is 0.375. The zero-order chi connectivity index (χ0) is 15.0. The van der Waals surface area contributed by atoms with Gasteiger partial charge in [-0.1, -0.05) is 23.7 Å². The molecule has 0 aliphatic heterocycles. The van der Waals surface area contributed by atoms with Crippen molar-refractivity contribution in [3.05, 3.63) is 51.8 Å². The van der Waals surface area contributed by atoms with Crippen LogP contribution >= 0.6 is 11.6 Å². The van der Waals surface area contributed by atoms with Gasteiger partial charge in [0.05, 0.1) is 11.3 Å². The highest BCUT2D eigenvalue weighted by molar-refractivity contribution is 6.30. The van der Waals surface area contributed by atoms with Crippen molar-refractivity contribution in [2.75, 3.05) is 0 Å². The molecule has 1 fully saturated rings. The molecule has 1 N–H and O–H groups in total. The monoisotopic (exact) mass is 303 g/mol. The zero-order valence-corrected chi connectivity index (χ0v) is 12.9. The first kappa shape index (κ1) is 14.1. The average molecular weight is 304 g/mol. The number of hydrogen-bond donors (Lipinski definition) is 1. The minimum Gasteiger partial charge on any atom is -0.331 e. The van der Waals surface area contributed by atoms with Crippen LogP contribution in [0.5, 0.6) is 0 Å². The molecule has 0 unspecified atom stereocenters. The first-order valence-electron chi connectivity index (χ1n) is 7.13. The van der Waals surface area contributed by atoms with Crippen LogP contribution in [0, 0.1) is 13.8 Å². The highest BCUT2D eigenvalue weighted by Gasteiger charge is 2.34. The molecule has 0 bridgehead atoms. The highest BCUT2D eigenvalue weighted by Crippen LogP contribution is 2.30. The number of aryl methyl sites for hydroxylation is 2. The van der Waals surface area contributed by atoms with Gasteiger partial charge in [-0.2, -0.15) is 5.10 Å². The van der Waals surface area contributed by atoms with Crippen LogP contribution in [0.1, 0.15) is 40.2 Å². The second-order valence-electron chi connectivity index (χ2n) is 5.60. The molecule has 1 aromatic heterocycles. The molecule has 0 atom stereocenters.